The van der Waals surface area contributed by atoms with E-state index in [1.54, 1.807) is 30.3 Å². The third-order valence-electron chi connectivity index (χ3n) is 4.69. The summed E-state index contributed by atoms with van der Waals surface area (Å²) in [5.74, 6) is -2.17. The fourth-order valence-electron chi connectivity index (χ4n) is 3.01. The molecule has 3 rings (SSSR count). The maximum absolute atomic E-state index is 14.4. The second-order valence-electron chi connectivity index (χ2n) is 6.82. The molecule has 3 aromatic carbocycles. The number of halogens is 1. The van der Waals surface area contributed by atoms with E-state index in [9.17, 15) is 22.4 Å². The predicted molar refractivity (Wildman–Crippen MR) is 122 cm³/mol. The van der Waals surface area contributed by atoms with Crippen LogP contribution in [0.4, 0.5) is 15.8 Å². The molecule has 2 N–H and O–H groups in total. The molecule has 0 heterocycles. The van der Waals surface area contributed by atoms with Crippen molar-refractivity contribution in [2.75, 3.05) is 31.4 Å². The Balaban J connectivity index is 1.97. The molecular formula is C23H21FN2O7S. The van der Waals surface area contributed by atoms with Crippen LogP contribution in [-0.2, 0) is 14.8 Å². The topological polar surface area (TPSA) is 120 Å². The number of benzene rings is 3. The number of carbonyl (C=O) groups excluding carboxylic acids is 2. The van der Waals surface area contributed by atoms with Gasteiger partial charge in [-0.1, -0.05) is 18.2 Å². The molecule has 0 radical (unpaired) electrons. The number of hydrogen-bond acceptors (Lipinski definition) is 7. The number of rotatable bonds is 8. The third kappa shape index (κ3) is 5.26. The lowest BCUT2D eigenvalue weighted by atomic mass is 10.2. The Kier molecular flexibility index (Phi) is 7.37. The lowest BCUT2D eigenvalue weighted by Gasteiger charge is -2.17. The fraction of sp³-hybridized carbons (Fsp3) is 0.130. The van der Waals surface area contributed by atoms with Crippen LogP contribution in [0.15, 0.2) is 65.6 Å². The minimum Gasteiger partial charge on any atom is -0.494 e. The van der Waals surface area contributed by atoms with Gasteiger partial charge in [0.05, 0.1) is 38.3 Å². The van der Waals surface area contributed by atoms with Crippen LogP contribution >= 0.6 is 0 Å². The molecular weight excluding hydrogens is 467 g/mol. The SMILES string of the molecule is COC(=O)c1ccc(F)c(S(=O)(=O)Nc2cc(OC)c(NC(=O)c3ccccc3)cc2OC)c1. The van der Waals surface area contributed by atoms with Crippen LogP contribution in [-0.4, -0.2) is 41.6 Å². The largest absolute Gasteiger partial charge is 0.494 e. The summed E-state index contributed by atoms with van der Waals surface area (Å²) in [6, 6.07) is 13.9. The van der Waals surface area contributed by atoms with E-state index in [0.717, 1.165) is 25.3 Å². The Labute approximate surface area is 195 Å². The van der Waals surface area contributed by atoms with Crippen molar-refractivity contribution in [2.24, 2.45) is 0 Å². The highest BCUT2D eigenvalue weighted by atomic mass is 32.2. The molecule has 178 valence electrons. The van der Waals surface area contributed by atoms with Crippen LogP contribution < -0.4 is 19.5 Å². The van der Waals surface area contributed by atoms with Gasteiger partial charge in [0.1, 0.15) is 22.2 Å². The van der Waals surface area contributed by atoms with E-state index in [2.05, 4.69) is 14.8 Å². The van der Waals surface area contributed by atoms with Crippen molar-refractivity contribution >= 4 is 33.3 Å². The first kappa shape index (κ1) is 24.5. The second-order valence-corrected chi connectivity index (χ2v) is 8.47. The van der Waals surface area contributed by atoms with Crippen LogP contribution in [0.5, 0.6) is 11.5 Å². The summed E-state index contributed by atoms with van der Waals surface area (Å²) in [6.45, 7) is 0. The first-order valence-electron chi connectivity index (χ1n) is 9.73. The smallest absolute Gasteiger partial charge is 0.337 e. The molecule has 0 aliphatic rings. The number of esters is 1. The molecule has 0 fully saturated rings. The van der Waals surface area contributed by atoms with Gasteiger partial charge in [-0.25, -0.2) is 17.6 Å². The summed E-state index contributed by atoms with van der Waals surface area (Å²) in [6.07, 6.45) is 0. The highest BCUT2D eigenvalue weighted by Gasteiger charge is 2.24. The van der Waals surface area contributed by atoms with Crippen molar-refractivity contribution in [3.8, 4) is 11.5 Å². The van der Waals surface area contributed by atoms with E-state index in [-0.39, 0.29) is 28.4 Å². The van der Waals surface area contributed by atoms with E-state index < -0.39 is 32.6 Å². The molecule has 1 amide bonds. The average Bonchev–Trinajstić information content (AvgIpc) is 2.84. The molecule has 0 bridgehead atoms. The highest BCUT2D eigenvalue weighted by molar-refractivity contribution is 7.92. The molecule has 9 nitrogen and oxygen atoms in total. The molecule has 0 saturated heterocycles. The fourth-order valence-corrected chi connectivity index (χ4v) is 4.18. The Bertz CT molecular complexity index is 1330. The van der Waals surface area contributed by atoms with Gasteiger partial charge < -0.3 is 19.5 Å². The molecule has 0 atom stereocenters. The van der Waals surface area contributed by atoms with Gasteiger partial charge >= 0.3 is 5.97 Å². The molecule has 0 unspecified atom stereocenters. The summed E-state index contributed by atoms with van der Waals surface area (Å²) in [5.41, 5.74) is 0.386. The molecule has 0 aromatic heterocycles. The van der Waals surface area contributed by atoms with Gasteiger partial charge in [0.2, 0.25) is 0 Å². The van der Waals surface area contributed by atoms with Gasteiger partial charge in [-0.3, -0.25) is 9.52 Å². The van der Waals surface area contributed by atoms with Crippen LogP contribution in [0.2, 0.25) is 0 Å². The van der Waals surface area contributed by atoms with Gasteiger partial charge in [-0.15, -0.1) is 0 Å². The van der Waals surface area contributed by atoms with E-state index in [4.69, 9.17) is 9.47 Å². The predicted octanol–water partition coefficient (Wildman–Crippen LogP) is 3.68. The van der Waals surface area contributed by atoms with Crippen molar-refractivity contribution in [3.05, 3.63) is 77.6 Å². The summed E-state index contributed by atoms with van der Waals surface area (Å²) in [5, 5.41) is 2.68. The second kappa shape index (κ2) is 10.2. The van der Waals surface area contributed by atoms with Gasteiger partial charge in [-0.2, -0.15) is 0 Å². The first-order valence-corrected chi connectivity index (χ1v) is 11.2. The molecule has 0 aliphatic carbocycles. The number of hydrogen-bond donors (Lipinski definition) is 2. The number of nitrogens with one attached hydrogen (secondary N) is 2. The molecule has 34 heavy (non-hydrogen) atoms. The first-order chi connectivity index (χ1) is 16.2. The van der Waals surface area contributed by atoms with Crippen molar-refractivity contribution < 1.29 is 36.6 Å². The zero-order valence-electron chi connectivity index (χ0n) is 18.4. The normalized spacial score (nSPS) is 10.8. The van der Waals surface area contributed by atoms with Crippen molar-refractivity contribution in [3.63, 3.8) is 0 Å². The zero-order valence-corrected chi connectivity index (χ0v) is 19.2. The van der Waals surface area contributed by atoms with Gasteiger partial charge in [0.15, 0.2) is 0 Å². The number of sulfonamides is 1. The molecule has 3 aromatic rings. The quantitative estimate of drug-likeness (QED) is 0.464. The third-order valence-corrected chi connectivity index (χ3v) is 6.07. The monoisotopic (exact) mass is 488 g/mol. The van der Waals surface area contributed by atoms with Crippen molar-refractivity contribution in [2.45, 2.75) is 4.90 Å². The minimum atomic E-state index is -4.50. The van der Waals surface area contributed by atoms with E-state index in [0.29, 0.717) is 5.56 Å². The van der Waals surface area contributed by atoms with Crippen LogP contribution in [0, 0.1) is 5.82 Å². The number of ether oxygens (including phenoxy) is 3. The summed E-state index contributed by atoms with van der Waals surface area (Å²) in [4.78, 5) is 23.5. The standard InChI is InChI=1S/C23H21FN2O7S/c1-31-19-13-18(20(32-2)12-17(19)25-22(27)14-7-5-4-6-8-14)26-34(29,30)21-11-15(23(28)33-3)9-10-16(21)24/h4-13,26H,1-3H3,(H,25,27). The van der Waals surface area contributed by atoms with E-state index in [1.807, 2.05) is 0 Å². The molecule has 0 spiro atoms. The van der Waals surface area contributed by atoms with Gasteiger partial charge in [0.25, 0.3) is 15.9 Å². The molecule has 0 aliphatic heterocycles. The number of carbonyl (C=O) groups is 2. The lowest BCUT2D eigenvalue weighted by Crippen LogP contribution is -2.17. The zero-order chi connectivity index (χ0) is 24.9. The van der Waals surface area contributed by atoms with E-state index >= 15 is 0 Å². The maximum atomic E-state index is 14.4. The van der Waals surface area contributed by atoms with E-state index in [1.165, 1.54) is 26.4 Å². The van der Waals surface area contributed by atoms with Gasteiger partial charge in [0, 0.05) is 17.7 Å². The molecule has 11 heteroatoms. The van der Waals surface area contributed by atoms with Crippen molar-refractivity contribution in [1.82, 2.24) is 0 Å². The van der Waals surface area contributed by atoms with Crippen molar-refractivity contribution in [1.29, 1.82) is 0 Å². The number of methoxy groups -OCH3 is 3. The Hall–Kier alpha value is -4.12. The molecule has 0 saturated carbocycles. The van der Waals surface area contributed by atoms with Crippen LogP contribution in [0.3, 0.4) is 0 Å². The Morgan fingerprint density at radius 3 is 2.06 bits per heavy atom. The minimum absolute atomic E-state index is 0.0252. The van der Waals surface area contributed by atoms with Crippen LogP contribution in [0.1, 0.15) is 20.7 Å². The van der Waals surface area contributed by atoms with Crippen LogP contribution in [0.25, 0.3) is 0 Å². The summed E-state index contributed by atoms with van der Waals surface area (Å²) in [7, 11) is -0.758. The average molecular weight is 488 g/mol. The lowest BCUT2D eigenvalue weighted by molar-refractivity contribution is 0.0600. The number of anilines is 2. The maximum Gasteiger partial charge on any atom is 0.337 e. The highest BCUT2D eigenvalue weighted by Crippen LogP contribution is 2.38. The summed E-state index contributed by atoms with van der Waals surface area (Å²) < 4.78 is 57.6. The Morgan fingerprint density at radius 1 is 0.824 bits per heavy atom. The van der Waals surface area contributed by atoms with Gasteiger partial charge in [-0.05, 0) is 30.3 Å². The number of amides is 1. The summed E-state index contributed by atoms with van der Waals surface area (Å²) >= 11 is 0. The Morgan fingerprint density at radius 2 is 1.44 bits per heavy atom.